The number of H-pyrrole nitrogens is 6. The molecule has 6 aliphatic rings. The lowest BCUT2D eigenvalue weighted by atomic mass is 10.0. The normalized spacial score (nSPS) is 29.3. The molecule has 6 aromatic rings. The van der Waals surface area contributed by atoms with E-state index >= 15 is 0 Å². The molecule has 0 aromatic carbocycles. The van der Waals surface area contributed by atoms with Crippen molar-refractivity contribution in [3.05, 3.63) is 196 Å². The molecule has 0 amide bonds. The number of aliphatic hydroxyl groups is 21. The van der Waals surface area contributed by atoms with Crippen LogP contribution < -0.4 is 67.5 Å². The van der Waals surface area contributed by atoms with Gasteiger partial charge in [-0.05, 0) is 20.8 Å². The van der Waals surface area contributed by atoms with Crippen molar-refractivity contribution in [2.24, 2.45) is 0 Å². The standard InChI is InChI=1S/C15H24N2O8.2C12H18N2O7.2C11H16N2O7.C10H14N2O7/c1-3-23-10(24-4-2)6-17-5-8(14(21)16-15(17)22)13-12(20)11(19)9(7-18)25-13;1-5(16)2-14-3-6(11(19)13-12(14)20)10-9(18)8(17)7(4-15)21-10;1-20-3-2-14-4-6(11(18)13-12(14)19)10-9(17)8(16)7(5-15)21-10;1-19-4-13-2-5(10(17)12-11(13)18)9-8(16)7(15)6(3-14)20-9;14-2-1-13-3-5(10(18)12-11(13)19)9-8(17)7(16)6(4-15)20-9;13-2-5-6(15)7(16)8(19-5)4-1-12(3-14)10(18)11-9(4)17/h5,9-13,18-20H,3-4,6-7H2,1-2H3,(H,16,21,22);3,5,7-10,15-18H,2,4H2,1H3,(H,13,19,20);4,7-10,15-17H,2-3,5H2,1H3,(H,13,18,19);2,6-9,14-16H,3-4H2,1H3,(H,12,17,18);3,6-9,14-17H,1-2,4H2,(H,12,18,19);1,5-8,13-16H,2-3H2,(H,11,17,18)/t9-,11-,12-,13+;5?,7-,8-,9-,10+;7-,8-,9-,10+;2*6-,7-,8-,9+;5-,6-,7-,8+/m111111/s1. The summed E-state index contributed by atoms with van der Waals surface area (Å²) >= 11 is 0. The number of methoxy groups -OCH3 is 2. The summed E-state index contributed by atoms with van der Waals surface area (Å²) in [7, 11) is 2.85. The highest BCUT2D eigenvalue weighted by molar-refractivity contribution is 5.20. The molecule has 55 nitrogen and oxygen atoms in total. The number of nitrogens with one attached hydrogen (secondary N) is 6. The molecule has 0 spiro atoms. The van der Waals surface area contributed by atoms with E-state index in [1.54, 1.807) is 13.8 Å². The molecular formula is C71H106N12O43. The molecule has 12 rings (SSSR count). The Labute approximate surface area is 705 Å². The highest BCUT2D eigenvalue weighted by atomic mass is 16.7. The van der Waals surface area contributed by atoms with Crippen molar-refractivity contribution >= 4 is 0 Å². The van der Waals surface area contributed by atoms with Crippen LogP contribution in [-0.2, 0) is 87.0 Å². The van der Waals surface area contributed by atoms with Crippen LogP contribution in [0.25, 0.3) is 0 Å². The Bertz CT molecular complexity index is 5140. The third-order valence-corrected chi connectivity index (χ3v) is 20.1. The van der Waals surface area contributed by atoms with E-state index in [9.17, 15) is 124 Å². The van der Waals surface area contributed by atoms with E-state index in [4.69, 9.17) is 88.2 Å². The number of hydrogen-bond donors (Lipinski definition) is 27. The van der Waals surface area contributed by atoms with Crippen LogP contribution in [0.5, 0.6) is 0 Å². The Morgan fingerprint density at radius 1 is 0.325 bits per heavy atom. The fraction of sp³-hybridized carbons (Fsp3) is 0.662. The largest absolute Gasteiger partial charge is 0.395 e. The molecule has 12 heterocycles. The third kappa shape index (κ3) is 24.8. The van der Waals surface area contributed by atoms with Gasteiger partial charge in [0.05, 0.1) is 119 Å². The van der Waals surface area contributed by atoms with Crippen LogP contribution in [0, 0.1) is 0 Å². The minimum absolute atomic E-state index is 0.00760. The SMILES string of the molecule is CC(O)Cn1cc([C@@H]2O[C@H](CO)[C@@H](O)[C@H]2O)c(=O)[nH]c1=O.CCOC(Cn1cc([C@@H]2O[C@H](CO)[C@@H](O)[C@H]2O)c(=O)[nH]c1=O)OCC.COCCn1cc([C@@H]2O[C@H](CO)[C@@H](O)[C@H]2O)c(=O)[nH]c1=O.COCn1cc([C@@H]2O[C@H](CO)[C@@H](O)[C@H]2O)c(=O)[nH]c1=O.O=c1[nH]c(=O)n(CCO)cc1[C@@H]1O[C@H](CO)[C@@H](O)[C@H]1O.O=c1[nH]c(=O)n(CO)cc1[C@@H]1O[C@H](CO)[C@@H](O)[C@H]1O. The average molecular weight is 1820 g/mol. The molecule has 6 aromatic heterocycles. The van der Waals surface area contributed by atoms with Gasteiger partial charge in [0.25, 0.3) is 33.4 Å². The van der Waals surface area contributed by atoms with Gasteiger partial charge in [-0.25, -0.2) is 28.8 Å². The van der Waals surface area contributed by atoms with Crippen LogP contribution >= 0.6 is 0 Å². The first-order valence-corrected chi connectivity index (χ1v) is 38.6. The maximum atomic E-state index is 12.1. The van der Waals surface area contributed by atoms with Gasteiger partial charge in [0, 0.05) is 64.6 Å². The summed E-state index contributed by atoms with van der Waals surface area (Å²) in [6.45, 7) is 2.15. The van der Waals surface area contributed by atoms with E-state index in [2.05, 4.69) is 19.9 Å². The van der Waals surface area contributed by atoms with Gasteiger partial charge in [-0.15, -0.1) is 0 Å². The Balaban J connectivity index is 0.000000208. The van der Waals surface area contributed by atoms with Gasteiger partial charge in [0.1, 0.15) is 160 Å². The lowest BCUT2D eigenvalue weighted by Gasteiger charge is -2.19. The van der Waals surface area contributed by atoms with Crippen molar-refractivity contribution in [3.8, 4) is 0 Å². The number of ether oxygens (including phenoxy) is 10. The lowest BCUT2D eigenvalue weighted by molar-refractivity contribution is -0.144. The summed E-state index contributed by atoms with van der Waals surface area (Å²) in [6, 6.07) is 0. The summed E-state index contributed by atoms with van der Waals surface area (Å²) in [5.74, 6) is 0. The summed E-state index contributed by atoms with van der Waals surface area (Å²) < 4.78 is 58.4. The van der Waals surface area contributed by atoms with Crippen molar-refractivity contribution in [3.63, 3.8) is 0 Å². The zero-order valence-electron chi connectivity index (χ0n) is 67.8. The fourth-order valence-corrected chi connectivity index (χ4v) is 13.5. The van der Waals surface area contributed by atoms with Crippen LogP contribution in [0.1, 0.15) is 90.8 Å². The number of aromatic amines is 6. The molecule has 6 fully saturated rings. The molecule has 708 valence electrons. The average Bonchev–Trinajstić information content (AvgIpc) is 1.67. The van der Waals surface area contributed by atoms with Crippen molar-refractivity contribution < 1.29 is 155 Å². The molecular weight excluding hydrogens is 1710 g/mol. The van der Waals surface area contributed by atoms with Crippen LogP contribution in [0.2, 0.25) is 0 Å². The number of aliphatic hydroxyl groups excluding tert-OH is 21. The first-order valence-electron chi connectivity index (χ1n) is 38.6. The molecule has 6 aliphatic heterocycles. The zero-order valence-corrected chi connectivity index (χ0v) is 67.8. The van der Waals surface area contributed by atoms with Gasteiger partial charge in [-0.1, -0.05) is 0 Å². The molecule has 6 saturated heterocycles. The van der Waals surface area contributed by atoms with Crippen LogP contribution in [0.3, 0.4) is 0 Å². The van der Waals surface area contributed by atoms with Crippen LogP contribution in [0.15, 0.2) is 94.7 Å². The molecule has 0 saturated carbocycles. The quantitative estimate of drug-likeness (QED) is 0.0203. The van der Waals surface area contributed by atoms with E-state index in [1.807, 2.05) is 9.97 Å². The van der Waals surface area contributed by atoms with E-state index in [1.165, 1.54) is 55.1 Å². The van der Waals surface area contributed by atoms with Gasteiger partial charge in [0.15, 0.2) is 6.29 Å². The molecule has 0 bridgehead atoms. The summed E-state index contributed by atoms with van der Waals surface area (Å²) in [5, 5.41) is 199. The van der Waals surface area contributed by atoms with Gasteiger partial charge in [0.2, 0.25) is 0 Å². The van der Waals surface area contributed by atoms with Crippen LogP contribution in [0.4, 0.5) is 0 Å². The molecule has 0 radical (unpaired) electrons. The molecule has 0 aliphatic carbocycles. The van der Waals surface area contributed by atoms with Crippen molar-refractivity contribution in [2.45, 2.75) is 219 Å². The number of rotatable bonds is 28. The molecule has 1 unspecified atom stereocenters. The predicted molar refractivity (Wildman–Crippen MR) is 415 cm³/mol. The highest BCUT2D eigenvalue weighted by Gasteiger charge is 2.50. The molecule has 126 heavy (non-hydrogen) atoms. The van der Waals surface area contributed by atoms with E-state index in [0.29, 0.717) is 13.2 Å². The number of hydrogen-bond acceptors (Lipinski definition) is 43. The molecule has 27 N–H and O–H groups in total. The summed E-state index contributed by atoms with van der Waals surface area (Å²) in [4.78, 5) is 153. The van der Waals surface area contributed by atoms with Gasteiger partial charge in [-0.2, -0.15) is 0 Å². The second-order valence-electron chi connectivity index (χ2n) is 28.7. The smallest absolute Gasteiger partial charge is 0.330 e. The maximum absolute atomic E-state index is 12.1. The van der Waals surface area contributed by atoms with Gasteiger partial charge >= 0.3 is 34.1 Å². The van der Waals surface area contributed by atoms with Gasteiger partial charge in [-0.3, -0.25) is 86.1 Å². The third-order valence-electron chi connectivity index (χ3n) is 20.1. The Kier molecular flexibility index (Phi) is 39.4. The Morgan fingerprint density at radius 2 is 0.556 bits per heavy atom. The number of aromatic nitrogens is 12. The van der Waals surface area contributed by atoms with Crippen molar-refractivity contribution in [1.82, 2.24) is 57.3 Å². The second-order valence-corrected chi connectivity index (χ2v) is 28.7. The minimum atomic E-state index is -1.41. The highest BCUT2D eigenvalue weighted by Crippen LogP contribution is 2.37. The predicted octanol–water partition coefficient (Wildman–Crippen LogP) is -16.9. The molecule has 25 atom stereocenters. The Morgan fingerprint density at radius 3 is 0.786 bits per heavy atom. The van der Waals surface area contributed by atoms with Gasteiger partial charge < -0.3 is 155 Å². The number of nitrogens with zero attached hydrogens (tertiary/aromatic N) is 6. The first kappa shape index (κ1) is 104. The van der Waals surface area contributed by atoms with E-state index in [-0.39, 0.29) is 79.5 Å². The maximum Gasteiger partial charge on any atom is 0.330 e. The fourth-order valence-electron chi connectivity index (χ4n) is 13.5. The first-order chi connectivity index (χ1) is 59.7. The minimum Gasteiger partial charge on any atom is -0.395 e. The molecule has 55 heteroatoms. The lowest BCUT2D eigenvalue weighted by Crippen LogP contribution is -2.38. The van der Waals surface area contributed by atoms with Crippen molar-refractivity contribution in [2.75, 3.05) is 80.3 Å². The summed E-state index contributed by atoms with van der Waals surface area (Å²) in [6.07, 6.45) is -23.7. The Hall–Kier alpha value is -9.16. The topological polar surface area (TPSA) is 846 Å². The summed E-state index contributed by atoms with van der Waals surface area (Å²) in [5.41, 5.74) is -8.86. The monoisotopic (exact) mass is 1810 g/mol. The van der Waals surface area contributed by atoms with Crippen molar-refractivity contribution in [1.29, 1.82) is 0 Å². The van der Waals surface area contributed by atoms with E-state index in [0.717, 1.165) is 30.7 Å². The van der Waals surface area contributed by atoms with Crippen LogP contribution in [-0.4, -0.2) is 367 Å². The van der Waals surface area contributed by atoms with E-state index < -0.39 is 273 Å². The second kappa shape index (κ2) is 47.8. The zero-order chi connectivity index (χ0) is 93.7.